The second-order valence-electron chi connectivity index (χ2n) is 10.1. The van der Waals surface area contributed by atoms with Gasteiger partial charge in [0, 0.05) is 17.0 Å². The molecule has 0 amide bonds. The van der Waals surface area contributed by atoms with E-state index in [1.807, 2.05) is 6.20 Å². The lowest BCUT2D eigenvalue weighted by Gasteiger charge is -2.06. The van der Waals surface area contributed by atoms with Crippen LogP contribution in [0.15, 0.2) is 140 Å². The third kappa shape index (κ3) is 3.44. The van der Waals surface area contributed by atoms with Crippen molar-refractivity contribution in [3.05, 3.63) is 140 Å². The van der Waals surface area contributed by atoms with Crippen molar-refractivity contribution in [2.75, 3.05) is 0 Å². The molecule has 7 aromatic carbocycles. The van der Waals surface area contributed by atoms with Gasteiger partial charge in [-0.1, -0.05) is 97.1 Å². The van der Waals surface area contributed by atoms with Crippen molar-refractivity contribution in [2.45, 2.75) is 0 Å². The van der Waals surface area contributed by atoms with Gasteiger partial charge in [0.15, 0.2) is 0 Å². The number of hydrogen-bond acceptors (Lipinski definition) is 1. The molecule has 1 nitrogen and oxygen atoms in total. The molecule has 0 unspecified atom stereocenters. The predicted octanol–water partition coefficient (Wildman–Crippen LogP) is 10.3. The maximum absolute atomic E-state index is 4.87. The van der Waals surface area contributed by atoms with Crippen LogP contribution in [0.3, 0.4) is 0 Å². The van der Waals surface area contributed by atoms with Gasteiger partial charge >= 0.3 is 0 Å². The van der Waals surface area contributed by atoms with Gasteiger partial charge in [0.25, 0.3) is 0 Å². The van der Waals surface area contributed by atoms with E-state index < -0.39 is 0 Å². The van der Waals surface area contributed by atoms with E-state index >= 15 is 0 Å². The van der Waals surface area contributed by atoms with E-state index in [4.69, 9.17) is 4.98 Å². The number of aromatic nitrogens is 1. The second-order valence-corrected chi connectivity index (χ2v) is 10.1. The van der Waals surface area contributed by atoms with Crippen LogP contribution in [-0.2, 0) is 0 Å². The fourth-order valence-corrected chi connectivity index (χ4v) is 5.78. The first-order valence-electron chi connectivity index (χ1n) is 13.0. The first kappa shape index (κ1) is 21.1. The Morgan fingerprint density at radius 1 is 0.289 bits per heavy atom. The van der Waals surface area contributed by atoms with Crippen LogP contribution in [0.1, 0.15) is 0 Å². The standard InChI is InChI=1S/C37H23N/c1-5-25-17-26(6-1)28-8-3-10-30(19-28)32-15-13-24-14-16-34-23-38-37(22-36(34)35(24)21-32)33-12-4-11-31(20-33)29-9-2-7-27(25)18-29/h1-23H. The monoisotopic (exact) mass is 481 g/mol. The highest BCUT2D eigenvalue weighted by Gasteiger charge is 2.04. The summed E-state index contributed by atoms with van der Waals surface area (Å²) < 4.78 is 0. The molecule has 8 rings (SSSR count). The lowest BCUT2D eigenvalue weighted by molar-refractivity contribution is 1.45. The number of nitrogens with zero attached hydrogens (tertiary/aromatic N) is 1. The molecular formula is C37H23N. The largest absolute Gasteiger partial charge is 0.256 e. The summed E-state index contributed by atoms with van der Waals surface area (Å²) in [7, 11) is 0. The van der Waals surface area contributed by atoms with Crippen LogP contribution in [0.25, 0.3) is 75.5 Å². The summed E-state index contributed by atoms with van der Waals surface area (Å²) >= 11 is 0. The molecule has 0 saturated carbocycles. The van der Waals surface area contributed by atoms with Crippen molar-refractivity contribution in [3.63, 3.8) is 0 Å². The van der Waals surface area contributed by atoms with E-state index in [0.29, 0.717) is 0 Å². The average molecular weight is 482 g/mol. The second kappa shape index (κ2) is 8.26. The topological polar surface area (TPSA) is 12.9 Å². The highest BCUT2D eigenvalue weighted by Crippen LogP contribution is 2.30. The molecule has 0 atom stereocenters. The van der Waals surface area contributed by atoms with E-state index in [1.165, 1.54) is 59.2 Å². The van der Waals surface area contributed by atoms with Gasteiger partial charge < -0.3 is 0 Å². The summed E-state index contributed by atoms with van der Waals surface area (Å²) in [5, 5.41) is 15.7. The minimum Gasteiger partial charge on any atom is -0.256 e. The molecule has 0 aliphatic rings. The molecule has 0 aliphatic carbocycles. The van der Waals surface area contributed by atoms with Gasteiger partial charge in [0.05, 0.1) is 5.52 Å². The third-order valence-electron chi connectivity index (χ3n) is 7.80. The molecule has 0 fully saturated rings. The molecule has 0 saturated heterocycles. The minimum atomic E-state index is 0.990. The summed E-state index contributed by atoms with van der Waals surface area (Å²) in [6, 6.07) is 48.8. The van der Waals surface area contributed by atoms with Gasteiger partial charge in [-0.05, 0) is 95.6 Å². The summed E-state index contributed by atoms with van der Waals surface area (Å²) in [5.74, 6) is 0. The first-order valence-corrected chi connectivity index (χ1v) is 13.0. The molecule has 8 aromatic rings. The van der Waals surface area contributed by atoms with Crippen LogP contribution in [-0.4, -0.2) is 4.98 Å². The predicted molar refractivity (Wildman–Crippen MR) is 164 cm³/mol. The summed E-state index contributed by atoms with van der Waals surface area (Å²) in [6.45, 7) is 0. The van der Waals surface area contributed by atoms with Gasteiger partial charge in [-0.25, -0.2) is 0 Å². The Balaban J connectivity index is 1.63. The van der Waals surface area contributed by atoms with Crippen molar-refractivity contribution in [1.29, 1.82) is 0 Å². The molecule has 0 aliphatic heterocycles. The van der Waals surface area contributed by atoms with Gasteiger partial charge in [-0.2, -0.15) is 0 Å². The van der Waals surface area contributed by atoms with Crippen molar-refractivity contribution in [2.24, 2.45) is 0 Å². The Labute approximate surface area is 219 Å². The highest BCUT2D eigenvalue weighted by molar-refractivity contribution is 6.12. The van der Waals surface area contributed by atoms with Crippen LogP contribution in [0.2, 0.25) is 0 Å². The van der Waals surface area contributed by atoms with Gasteiger partial charge in [0.2, 0.25) is 0 Å². The van der Waals surface area contributed by atoms with Crippen LogP contribution < -0.4 is 0 Å². The smallest absolute Gasteiger partial charge is 0.0708 e. The quantitative estimate of drug-likeness (QED) is 0.196. The van der Waals surface area contributed by atoms with E-state index in [9.17, 15) is 0 Å². The zero-order valence-electron chi connectivity index (χ0n) is 20.7. The normalized spacial score (nSPS) is 11.7. The van der Waals surface area contributed by atoms with E-state index in [0.717, 1.165) is 16.3 Å². The van der Waals surface area contributed by atoms with Gasteiger partial charge in [-0.3, -0.25) is 4.98 Å². The Kier molecular flexibility index (Phi) is 4.59. The number of benzene rings is 6. The third-order valence-corrected chi connectivity index (χ3v) is 7.80. The van der Waals surface area contributed by atoms with E-state index in [2.05, 4.69) is 133 Å². The van der Waals surface area contributed by atoms with Crippen LogP contribution in [0.4, 0.5) is 0 Å². The zero-order chi connectivity index (χ0) is 25.1. The Morgan fingerprint density at radius 3 is 1.18 bits per heavy atom. The zero-order valence-corrected chi connectivity index (χ0v) is 20.7. The Bertz CT molecular complexity index is 2130. The van der Waals surface area contributed by atoms with Crippen molar-refractivity contribution < 1.29 is 0 Å². The highest BCUT2D eigenvalue weighted by atomic mass is 14.6. The molecule has 12 bridgehead atoms. The molecule has 1 aromatic heterocycles. The van der Waals surface area contributed by atoms with Crippen LogP contribution in [0, 0.1) is 0 Å². The summed E-state index contributed by atoms with van der Waals surface area (Å²) in [5.41, 5.74) is 0.990. The molecule has 0 spiro atoms. The average Bonchev–Trinajstić information content (AvgIpc) is 3.00. The van der Waals surface area contributed by atoms with Crippen molar-refractivity contribution >= 4 is 75.5 Å². The fraction of sp³-hybridized carbons (Fsp3) is 0. The van der Waals surface area contributed by atoms with Crippen LogP contribution in [0.5, 0.6) is 0 Å². The summed E-state index contributed by atoms with van der Waals surface area (Å²) in [4.78, 5) is 4.87. The fourth-order valence-electron chi connectivity index (χ4n) is 5.78. The number of hydrogen-bond donors (Lipinski definition) is 0. The minimum absolute atomic E-state index is 0.990. The molecule has 1 heterocycles. The van der Waals surface area contributed by atoms with Crippen molar-refractivity contribution in [1.82, 2.24) is 4.98 Å². The number of fused-ring (bicyclic) bond motifs is 15. The summed E-state index contributed by atoms with van der Waals surface area (Å²) in [6.07, 6.45) is 2.01. The van der Waals surface area contributed by atoms with E-state index in [-0.39, 0.29) is 0 Å². The van der Waals surface area contributed by atoms with Crippen molar-refractivity contribution in [3.8, 4) is 0 Å². The lowest BCUT2D eigenvalue weighted by atomic mass is 9.99. The number of rotatable bonds is 0. The molecule has 176 valence electrons. The molecule has 0 radical (unpaired) electrons. The van der Waals surface area contributed by atoms with Gasteiger partial charge in [0.1, 0.15) is 0 Å². The first-order chi connectivity index (χ1) is 18.8. The maximum Gasteiger partial charge on any atom is 0.0708 e. The molecule has 38 heavy (non-hydrogen) atoms. The molecule has 1 heteroatoms. The lowest BCUT2D eigenvalue weighted by Crippen LogP contribution is -1.82. The molecule has 0 N–H and O–H groups in total. The Hall–Kier alpha value is -5.01. The molecular weight excluding hydrogens is 458 g/mol. The van der Waals surface area contributed by atoms with Crippen LogP contribution >= 0.6 is 0 Å². The van der Waals surface area contributed by atoms with E-state index in [1.54, 1.807) is 0 Å². The Morgan fingerprint density at radius 2 is 0.658 bits per heavy atom. The van der Waals surface area contributed by atoms with Gasteiger partial charge in [-0.15, -0.1) is 0 Å². The SMILES string of the molecule is c1cc2cc(c1)c1cccc(c1)c1ccc3ccc4cnc(cc4c3c1)c1cccc(c1)c1cccc2c1. The maximum atomic E-state index is 4.87. The number of pyridine rings is 1.